The van der Waals surface area contributed by atoms with Gasteiger partial charge in [0.2, 0.25) is 11.9 Å². The summed E-state index contributed by atoms with van der Waals surface area (Å²) < 4.78 is 5.64. The highest BCUT2D eigenvalue weighted by Crippen LogP contribution is 2.33. The number of carbonyl (C=O) groups is 1. The Morgan fingerprint density at radius 1 is 1.12 bits per heavy atom. The van der Waals surface area contributed by atoms with Crippen LogP contribution in [0.2, 0.25) is 0 Å². The lowest BCUT2D eigenvalue weighted by Crippen LogP contribution is -2.32. The average molecular weight is 447 g/mol. The molecule has 8 heteroatoms. The largest absolute Gasteiger partial charge is 0.495 e. The second-order valence-electron chi connectivity index (χ2n) is 8.84. The summed E-state index contributed by atoms with van der Waals surface area (Å²) in [5.74, 6) is 1.44. The van der Waals surface area contributed by atoms with Gasteiger partial charge in [-0.1, -0.05) is 0 Å². The topological polar surface area (TPSA) is 82.6 Å². The molecule has 0 atom stereocenters. The van der Waals surface area contributed by atoms with Gasteiger partial charge in [0, 0.05) is 43.4 Å². The minimum atomic E-state index is 0.141. The number of benzene rings is 2. The molecule has 0 radical (unpaired) electrons. The van der Waals surface area contributed by atoms with E-state index >= 15 is 0 Å². The van der Waals surface area contributed by atoms with E-state index in [1.165, 1.54) is 11.1 Å². The van der Waals surface area contributed by atoms with E-state index < -0.39 is 0 Å². The normalized spacial score (nSPS) is 16.0. The van der Waals surface area contributed by atoms with Crippen LogP contribution in [0.5, 0.6) is 5.75 Å². The molecule has 5 rings (SSSR count). The molecule has 0 bridgehead atoms. The van der Waals surface area contributed by atoms with Crippen LogP contribution in [0, 0.1) is 0 Å². The fourth-order valence-electron chi connectivity index (χ4n) is 4.56. The molecule has 2 aliphatic heterocycles. The third-order valence-corrected chi connectivity index (χ3v) is 6.46. The van der Waals surface area contributed by atoms with Crippen molar-refractivity contribution < 1.29 is 9.53 Å². The van der Waals surface area contributed by atoms with Gasteiger partial charge in [-0.25, -0.2) is 9.97 Å². The molecule has 1 aromatic heterocycles. The highest BCUT2D eigenvalue weighted by atomic mass is 16.5. The summed E-state index contributed by atoms with van der Waals surface area (Å²) in [4.78, 5) is 25.8. The van der Waals surface area contributed by atoms with Gasteiger partial charge in [-0.05, 0) is 67.8 Å². The predicted octanol–water partition coefficient (Wildman–Crippen LogP) is 3.40. The number of likely N-dealkylation sites (tertiary alicyclic amines) is 1. The van der Waals surface area contributed by atoms with E-state index in [0.717, 1.165) is 73.5 Å². The molecule has 1 fully saturated rings. The molecule has 8 nitrogen and oxygen atoms in total. The SMILES string of the molecule is COc1cc2c(cc1Nc1ncc3ccc(NCC(=O)N4CCCC4)cc3n1)CN(C)CC2. The first-order valence-corrected chi connectivity index (χ1v) is 11.5. The molecule has 0 unspecified atom stereocenters. The van der Waals surface area contributed by atoms with Crippen molar-refractivity contribution in [2.45, 2.75) is 25.8 Å². The minimum absolute atomic E-state index is 0.141. The molecule has 0 aliphatic carbocycles. The predicted molar refractivity (Wildman–Crippen MR) is 130 cm³/mol. The van der Waals surface area contributed by atoms with Crippen molar-refractivity contribution >= 4 is 34.1 Å². The third-order valence-electron chi connectivity index (χ3n) is 6.46. The van der Waals surface area contributed by atoms with Crippen molar-refractivity contribution in [1.29, 1.82) is 0 Å². The maximum atomic E-state index is 12.3. The zero-order valence-electron chi connectivity index (χ0n) is 19.2. The van der Waals surface area contributed by atoms with E-state index in [9.17, 15) is 4.79 Å². The van der Waals surface area contributed by atoms with Crippen LogP contribution in [0.15, 0.2) is 36.5 Å². The summed E-state index contributed by atoms with van der Waals surface area (Å²) in [7, 11) is 3.82. The Balaban J connectivity index is 1.34. The van der Waals surface area contributed by atoms with Gasteiger partial charge in [-0.2, -0.15) is 0 Å². The van der Waals surface area contributed by atoms with Gasteiger partial charge in [0.05, 0.1) is 24.9 Å². The van der Waals surface area contributed by atoms with Gasteiger partial charge in [-0.3, -0.25) is 4.79 Å². The van der Waals surface area contributed by atoms with Crippen LogP contribution in [0.3, 0.4) is 0 Å². The second kappa shape index (κ2) is 9.23. The number of nitrogens with one attached hydrogen (secondary N) is 2. The molecule has 3 heterocycles. The first kappa shape index (κ1) is 21.5. The van der Waals surface area contributed by atoms with Crippen molar-refractivity contribution in [3.8, 4) is 5.75 Å². The lowest BCUT2D eigenvalue weighted by atomic mass is 9.99. The Hall–Kier alpha value is -3.39. The average Bonchev–Trinajstić information content (AvgIpc) is 3.37. The number of hydrogen-bond donors (Lipinski definition) is 2. The van der Waals surface area contributed by atoms with Gasteiger partial charge < -0.3 is 25.2 Å². The van der Waals surface area contributed by atoms with Crippen molar-refractivity contribution in [2.24, 2.45) is 0 Å². The highest BCUT2D eigenvalue weighted by molar-refractivity contribution is 5.85. The van der Waals surface area contributed by atoms with Gasteiger partial charge in [0.25, 0.3) is 0 Å². The van der Waals surface area contributed by atoms with Crippen molar-refractivity contribution in [1.82, 2.24) is 19.8 Å². The number of nitrogens with zero attached hydrogens (tertiary/aromatic N) is 4. The molecule has 172 valence electrons. The number of anilines is 3. The fourth-order valence-corrected chi connectivity index (χ4v) is 4.56. The Labute approximate surface area is 194 Å². The number of ether oxygens (including phenoxy) is 1. The molecule has 1 saturated heterocycles. The van der Waals surface area contributed by atoms with E-state index in [-0.39, 0.29) is 5.91 Å². The maximum absolute atomic E-state index is 12.3. The summed E-state index contributed by atoms with van der Waals surface area (Å²) in [6, 6.07) is 10.1. The summed E-state index contributed by atoms with van der Waals surface area (Å²) in [6.45, 7) is 3.99. The molecule has 2 aromatic carbocycles. The molecular weight excluding hydrogens is 416 g/mol. The van der Waals surface area contributed by atoms with E-state index in [4.69, 9.17) is 9.72 Å². The van der Waals surface area contributed by atoms with E-state index in [1.807, 2.05) is 29.3 Å². The van der Waals surface area contributed by atoms with Gasteiger partial charge in [-0.15, -0.1) is 0 Å². The molecule has 1 amide bonds. The van der Waals surface area contributed by atoms with Crippen LogP contribution >= 0.6 is 0 Å². The number of hydrogen-bond acceptors (Lipinski definition) is 7. The Morgan fingerprint density at radius 2 is 1.97 bits per heavy atom. The summed E-state index contributed by atoms with van der Waals surface area (Å²) in [5, 5.41) is 7.52. The van der Waals surface area contributed by atoms with Gasteiger partial charge >= 0.3 is 0 Å². The van der Waals surface area contributed by atoms with Crippen LogP contribution in [-0.4, -0.2) is 66.0 Å². The van der Waals surface area contributed by atoms with Crippen LogP contribution in [0.4, 0.5) is 17.3 Å². The molecular formula is C25H30N6O2. The molecule has 2 aliphatic rings. The fraction of sp³-hybridized carbons (Fsp3) is 0.400. The number of aromatic nitrogens is 2. The van der Waals surface area contributed by atoms with Crippen LogP contribution in [0.25, 0.3) is 10.9 Å². The lowest BCUT2D eigenvalue weighted by molar-refractivity contribution is -0.128. The van der Waals surface area contributed by atoms with Crippen LogP contribution < -0.4 is 15.4 Å². The number of methoxy groups -OCH3 is 1. The van der Waals surface area contributed by atoms with Crippen LogP contribution in [-0.2, 0) is 17.8 Å². The summed E-state index contributed by atoms with van der Waals surface area (Å²) in [6.07, 6.45) is 5.02. The van der Waals surface area contributed by atoms with E-state index in [0.29, 0.717) is 12.5 Å². The molecule has 0 saturated carbocycles. The first-order valence-electron chi connectivity index (χ1n) is 11.5. The summed E-state index contributed by atoms with van der Waals surface area (Å²) in [5.41, 5.74) is 5.16. The van der Waals surface area contributed by atoms with Crippen LogP contribution in [0.1, 0.15) is 24.0 Å². The van der Waals surface area contributed by atoms with Crippen molar-refractivity contribution in [2.75, 3.05) is 51.0 Å². The quantitative estimate of drug-likeness (QED) is 0.600. The Morgan fingerprint density at radius 3 is 2.79 bits per heavy atom. The Bertz CT molecular complexity index is 1180. The molecule has 0 spiro atoms. The smallest absolute Gasteiger partial charge is 0.241 e. The number of rotatable bonds is 6. The monoisotopic (exact) mass is 446 g/mol. The summed E-state index contributed by atoms with van der Waals surface area (Å²) >= 11 is 0. The lowest BCUT2D eigenvalue weighted by Gasteiger charge is -2.26. The zero-order valence-corrected chi connectivity index (χ0v) is 19.2. The maximum Gasteiger partial charge on any atom is 0.241 e. The van der Waals surface area contributed by atoms with E-state index in [2.05, 4.69) is 39.7 Å². The minimum Gasteiger partial charge on any atom is -0.495 e. The van der Waals surface area contributed by atoms with Gasteiger partial charge in [0.15, 0.2) is 0 Å². The highest BCUT2D eigenvalue weighted by Gasteiger charge is 2.18. The number of carbonyl (C=O) groups excluding carboxylic acids is 1. The first-order chi connectivity index (χ1) is 16.1. The molecule has 2 N–H and O–H groups in total. The number of likely N-dealkylation sites (N-methyl/N-ethyl adjacent to an activating group) is 1. The molecule has 33 heavy (non-hydrogen) atoms. The van der Waals surface area contributed by atoms with Gasteiger partial charge in [0.1, 0.15) is 5.75 Å². The van der Waals surface area contributed by atoms with Crippen molar-refractivity contribution in [3.05, 3.63) is 47.7 Å². The number of fused-ring (bicyclic) bond motifs is 2. The van der Waals surface area contributed by atoms with Crippen molar-refractivity contribution in [3.63, 3.8) is 0 Å². The standard InChI is InChI=1S/C25H30N6O2/c1-30-10-7-17-12-23(33-2)22(11-19(17)16-30)29-25-27-14-18-5-6-20(13-21(18)28-25)26-15-24(32)31-8-3-4-9-31/h5-6,11-14,26H,3-4,7-10,15-16H2,1-2H3,(H,27,28,29). The Kier molecular flexibility index (Phi) is 6.00. The molecule has 3 aromatic rings. The third kappa shape index (κ3) is 4.71. The second-order valence-corrected chi connectivity index (χ2v) is 8.84. The number of amides is 1. The zero-order chi connectivity index (χ0) is 22.8. The van der Waals surface area contributed by atoms with E-state index in [1.54, 1.807) is 7.11 Å².